The van der Waals surface area contributed by atoms with Crippen LogP contribution in [0.5, 0.6) is 11.5 Å². The molecule has 0 N–H and O–H groups in total. The summed E-state index contributed by atoms with van der Waals surface area (Å²) >= 11 is 0. The molecule has 1 aromatic carbocycles. The number of hydrogen-bond donors (Lipinski definition) is 0. The van der Waals surface area contributed by atoms with Crippen LogP contribution in [0, 0.1) is 11.3 Å². The smallest absolute Gasteiger partial charge is 0.178 e. The topological polar surface area (TPSA) is 54.8 Å². The molecule has 2 heterocycles. The van der Waals surface area contributed by atoms with Crippen LogP contribution in [0.4, 0.5) is 0 Å². The maximum atomic E-state index is 8.81. The molecule has 2 atom stereocenters. The fraction of sp³-hybridized carbons (Fsp3) is 0.417. The lowest BCUT2D eigenvalue weighted by molar-refractivity contribution is 0.171. The van der Waals surface area contributed by atoms with Gasteiger partial charge in [0, 0.05) is 0 Å². The van der Waals surface area contributed by atoms with Gasteiger partial charge in [-0.1, -0.05) is 6.07 Å². The molecule has 0 saturated carbocycles. The molecule has 0 aliphatic carbocycles. The number of benzene rings is 1. The van der Waals surface area contributed by atoms with E-state index >= 15 is 0 Å². The summed E-state index contributed by atoms with van der Waals surface area (Å²) in [4.78, 5) is 0. The standard InChI is InChI=1S/C12H11NO3/c1-12(11(7-13)16-12)8-2-3-9-10(6-8)15-5-4-14-9/h2-3,6,11H,4-5H2,1H3. The monoisotopic (exact) mass is 217 g/mol. The number of rotatable bonds is 1. The molecule has 16 heavy (non-hydrogen) atoms. The fourth-order valence-electron chi connectivity index (χ4n) is 1.93. The van der Waals surface area contributed by atoms with Crippen molar-refractivity contribution in [1.82, 2.24) is 0 Å². The van der Waals surface area contributed by atoms with E-state index in [4.69, 9.17) is 19.5 Å². The summed E-state index contributed by atoms with van der Waals surface area (Å²) in [6.45, 7) is 3.06. The van der Waals surface area contributed by atoms with Crippen LogP contribution in [0.1, 0.15) is 12.5 Å². The molecule has 2 aliphatic heterocycles. The van der Waals surface area contributed by atoms with Gasteiger partial charge in [-0.05, 0) is 24.6 Å². The molecule has 3 rings (SSSR count). The zero-order valence-electron chi connectivity index (χ0n) is 8.90. The lowest BCUT2D eigenvalue weighted by Crippen LogP contribution is -2.16. The zero-order chi connectivity index (χ0) is 11.2. The average molecular weight is 217 g/mol. The molecule has 1 saturated heterocycles. The second-order valence-electron chi connectivity index (χ2n) is 4.09. The number of ether oxygens (including phenoxy) is 3. The van der Waals surface area contributed by atoms with Crippen LogP contribution < -0.4 is 9.47 Å². The Hall–Kier alpha value is -1.73. The molecule has 1 fully saturated rings. The summed E-state index contributed by atoms with van der Waals surface area (Å²) in [6.07, 6.45) is -0.352. The van der Waals surface area contributed by atoms with Crippen LogP contribution in [0.3, 0.4) is 0 Å². The predicted octanol–water partition coefficient (Wildman–Crippen LogP) is 1.60. The van der Waals surface area contributed by atoms with Crippen LogP contribution in [-0.4, -0.2) is 19.3 Å². The van der Waals surface area contributed by atoms with E-state index in [-0.39, 0.29) is 6.10 Å². The number of epoxide rings is 1. The lowest BCUT2D eigenvalue weighted by atomic mass is 9.97. The normalized spacial score (nSPS) is 30.6. The highest BCUT2D eigenvalue weighted by molar-refractivity contribution is 5.47. The van der Waals surface area contributed by atoms with Crippen molar-refractivity contribution in [3.63, 3.8) is 0 Å². The summed E-state index contributed by atoms with van der Waals surface area (Å²) in [5, 5.41) is 8.81. The quantitative estimate of drug-likeness (QED) is 0.670. The van der Waals surface area contributed by atoms with Gasteiger partial charge in [0.25, 0.3) is 0 Å². The number of fused-ring (bicyclic) bond motifs is 1. The van der Waals surface area contributed by atoms with Gasteiger partial charge < -0.3 is 14.2 Å². The minimum absolute atomic E-state index is 0.352. The Kier molecular flexibility index (Phi) is 1.86. The van der Waals surface area contributed by atoms with E-state index in [0.717, 1.165) is 17.1 Å². The van der Waals surface area contributed by atoms with Crippen molar-refractivity contribution >= 4 is 0 Å². The van der Waals surface area contributed by atoms with Crippen molar-refractivity contribution in [2.24, 2.45) is 0 Å². The molecule has 0 aromatic heterocycles. The minimum atomic E-state index is -0.482. The Labute approximate surface area is 93.3 Å². The predicted molar refractivity (Wildman–Crippen MR) is 55.3 cm³/mol. The Balaban J connectivity index is 1.96. The lowest BCUT2D eigenvalue weighted by Gasteiger charge is -2.19. The fourth-order valence-corrected chi connectivity index (χ4v) is 1.93. The third kappa shape index (κ3) is 1.25. The molecule has 2 unspecified atom stereocenters. The summed E-state index contributed by atoms with van der Waals surface area (Å²) in [5.74, 6) is 1.49. The summed E-state index contributed by atoms with van der Waals surface area (Å²) < 4.78 is 16.3. The van der Waals surface area contributed by atoms with E-state index < -0.39 is 5.60 Å². The summed E-state index contributed by atoms with van der Waals surface area (Å²) in [7, 11) is 0. The molecule has 4 heteroatoms. The van der Waals surface area contributed by atoms with Gasteiger partial charge in [0.15, 0.2) is 17.6 Å². The van der Waals surface area contributed by atoms with Gasteiger partial charge in [-0.15, -0.1) is 0 Å². The SMILES string of the molecule is CC1(c2ccc3c(c2)OCCO3)OC1C#N. The largest absolute Gasteiger partial charge is 0.486 e. The Bertz CT molecular complexity index is 480. The Morgan fingerprint density at radius 3 is 2.75 bits per heavy atom. The molecule has 4 nitrogen and oxygen atoms in total. The van der Waals surface area contributed by atoms with Gasteiger partial charge >= 0.3 is 0 Å². The second kappa shape index (κ2) is 3.13. The van der Waals surface area contributed by atoms with Crippen LogP contribution in [0.2, 0.25) is 0 Å². The Morgan fingerprint density at radius 2 is 2.06 bits per heavy atom. The highest BCUT2D eigenvalue weighted by Gasteiger charge is 2.54. The highest BCUT2D eigenvalue weighted by atomic mass is 16.6. The van der Waals surface area contributed by atoms with E-state index in [9.17, 15) is 0 Å². The molecular formula is C12H11NO3. The third-order valence-electron chi connectivity index (χ3n) is 3.04. The number of nitriles is 1. The molecule has 1 aromatic rings. The van der Waals surface area contributed by atoms with Crippen LogP contribution in [-0.2, 0) is 10.3 Å². The molecule has 2 aliphatic rings. The summed E-state index contributed by atoms with van der Waals surface area (Å²) in [6, 6.07) is 7.80. The van der Waals surface area contributed by atoms with E-state index in [0.29, 0.717) is 13.2 Å². The van der Waals surface area contributed by atoms with E-state index in [1.807, 2.05) is 25.1 Å². The van der Waals surface area contributed by atoms with Crippen LogP contribution in [0.25, 0.3) is 0 Å². The van der Waals surface area contributed by atoms with E-state index in [1.165, 1.54) is 0 Å². The van der Waals surface area contributed by atoms with E-state index in [2.05, 4.69) is 6.07 Å². The van der Waals surface area contributed by atoms with Crippen molar-refractivity contribution in [1.29, 1.82) is 5.26 Å². The number of hydrogen-bond acceptors (Lipinski definition) is 4. The van der Waals surface area contributed by atoms with Crippen molar-refractivity contribution < 1.29 is 14.2 Å². The summed E-state index contributed by atoms with van der Waals surface area (Å²) in [5.41, 5.74) is 0.480. The van der Waals surface area contributed by atoms with Gasteiger partial charge in [0.2, 0.25) is 0 Å². The molecule has 0 bridgehead atoms. The van der Waals surface area contributed by atoms with Gasteiger partial charge in [-0.3, -0.25) is 0 Å². The highest BCUT2D eigenvalue weighted by Crippen LogP contribution is 2.47. The average Bonchev–Trinajstić information content (AvgIpc) is 3.01. The first kappa shape index (κ1) is 9.49. The maximum absolute atomic E-state index is 8.81. The first-order chi connectivity index (χ1) is 7.74. The van der Waals surface area contributed by atoms with Crippen molar-refractivity contribution in [2.45, 2.75) is 18.6 Å². The Morgan fingerprint density at radius 1 is 1.31 bits per heavy atom. The molecular weight excluding hydrogens is 206 g/mol. The maximum Gasteiger partial charge on any atom is 0.178 e. The van der Waals surface area contributed by atoms with Crippen molar-refractivity contribution in [3.8, 4) is 17.6 Å². The molecule has 0 spiro atoms. The van der Waals surface area contributed by atoms with Crippen LogP contribution in [0.15, 0.2) is 18.2 Å². The molecule has 0 amide bonds. The van der Waals surface area contributed by atoms with Crippen molar-refractivity contribution in [3.05, 3.63) is 23.8 Å². The first-order valence-electron chi connectivity index (χ1n) is 5.21. The minimum Gasteiger partial charge on any atom is -0.486 e. The number of nitrogens with zero attached hydrogens (tertiary/aromatic N) is 1. The molecule has 0 radical (unpaired) electrons. The zero-order valence-corrected chi connectivity index (χ0v) is 8.90. The van der Waals surface area contributed by atoms with Crippen molar-refractivity contribution in [2.75, 3.05) is 13.2 Å². The van der Waals surface area contributed by atoms with Crippen LogP contribution >= 0.6 is 0 Å². The first-order valence-corrected chi connectivity index (χ1v) is 5.21. The van der Waals surface area contributed by atoms with Gasteiger partial charge in [0.1, 0.15) is 18.8 Å². The third-order valence-corrected chi connectivity index (χ3v) is 3.04. The van der Waals surface area contributed by atoms with Gasteiger partial charge in [0.05, 0.1) is 6.07 Å². The second-order valence-corrected chi connectivity index (χ2v) is 4.09. The van der Waals surface area contributed by atoms with E-state index in [1.54, 1.807) is 0 Å². The van der Waals surface area contributed by atoms with Gasteiger partial charge in [-0.2, -0.15) is 5.26 Å². The molecule has 82 valence electrons. The van der Waals surface area contributed by atoms with Gasteiger partial charge in [-0.25, -0.2) is 0 Å².